The molecule has 0 atom stereocenters. The predicted molar refractivity (Wildman–Crippen MR) is 88.1 cm³/mol. The zero-order chi connectivity index (χ0) is 15.2. The Labute approximate surface area is 132 Å². The van der Waals surface area contributed by atoms with E-state index in [4.69, 9.17) is 0 Å². The molecule has 2 nitrogen and oxygen atoms in total. The number of rotatable bonds is 5. The number of hydrogen-bond acceptors (Lipinski definition) is 0. The van der Waals surface area contributed by atoms with Gasteiger partial charge in [0.2, 0.25) is 0 Å². The van der Waals surface area contributed by atoms with Crippen LogP contribution in [0, 0.1) is 0 Å². The van der Waals surface area contributed by atoms with Crippen molar-refractivity contribution >= 4 is 0 Å². The van der Waals surface area contributed by atoms with E-state index in [2.05, 4.69) is 95.4 Å². The molecule has 0 unspecified atom stereocenters. The molecule has 0 N–H and O–H groups in total. The molecule has 0 radical (unpaired) electrons. The van der Waals surface area contributed by atoms with Gasteiger partial charge in [0.1, 0.15) is 6.54 Å². The molecule has 0 aliphatic rings. The lowest BCUT2D eigenvalue weighted by Gasteiger charge is -2.01. The minimum atomic E-state index is 1.01. The highest BCUT2D eigenvalue weighted by atomic mass is 14.9. The van der Waals surface area contributed by atoms with Crippen LogP contribution >= 0.6 is 0 Å². The molecule has 3 aromatic rings. The average molecular weight is 290 g/mol. The van der Waals surface area contributed by atoms with Gasteiger partial charge in [0.25, 0.3) is 0 Å². The smallest absolute Gasteiger partial charge is 0.169 e. The molecule has 22 heavy (non-hydrogen) atoms. The number of aryl methyl sites for hydroxylation is 3. The lowest BCUT2D eigenvalue weighted by molar-refractivity contribution is -0.696. The molecule has 2 heterocycles. The summed E-state index contributed by atoms with van der Waals surface area (Å²) in [5, 5.41) is 0. The largest absolute Gasteiger partial charge is 0.205 e. The Morgan fingerprint density at radius 1 is 0.682 bits per heavy atom. The Morgan fingerprint density at radius 3 is 1.77 bits per heavy atom. The van der Waals surface area contributed by atoms with Gasteiger partial charge in [-0.3, -0.25) is 0 Å². The number of hydrogen-bond donors (Lipinski definition) is 0. The summed E-state index contributed by atoms with van der Waals surface area (Å²) in [5.41, 5.74) is 3.91. The highest BCUT2D eigenvalue weighted by Crippen LogP contribution is 2.15. The predicted octanol–water partition coefficient (Wildman–Crippen LogP) is 3.19. The van der Waals surface area contributed by atoms with E-state index in [0.29, 0.717) is 0 Å². The first-order chi connectivity index (χ1) is 10.8. The molecule has 1 aromatic carbocycles. The molecule has 0 saturated carbocycles. The summed E-state index contributed by atoms with van der Waals surface area (Å²) in [7, 11) is 0. The molecule has 0 saturated heterocycles. The summed E-state index contributed by atoms with van der Waals surface area (Å²) in [4.78, 5) is 0. The van der Waals surface area contributed by atoms with Crippen LogP contribution < -0.4 is 9.13 Å². The first kappa shape index (κ1) is 14.5. The molecule has 0 spiro atoms. The fourth-order valence-corrected chi connectivity index (χ4v) is 2.56. The zero-order valence-corrected chi connectivity index (χ0v) is 13.0. The van der Waals surface area contributed by atoms with Gasteiger partial charge in [0.05, 0.1) is 0 Å². The summed E-state index contributed by atoms with van der Waals surface area (Å²) in [6.07, 6.45) is 9.66. The molecule has 3 rings (SSSR count). The van der Waals surface area contributed by atoms with Gasteiger partial charge in [0, 0.05) is 30.7 Å². The van der Waals surface area contributed by atoms with Crippen molar-refractivity contribution in [2.24, 2.45) is 0 Å². The lowest BCUT2D eigenvalue weighted by atomic mass is 10.1. The van der Waals surface area contributed by atoms with E-state index in [1.54, 1.807) is 0 Å². The average Bonchev–Trinajstić information content (AvgIpc) is 2.61. The fraction of sp³-hybridized carbons (Fsp3) is 0.200. The molecule has 0 amide bonds. The number of pyridine rings is 2. The molecule has 2 heteroatoms. The van der Waals surface area contributed by atoms with Crippen LogP contribution in [0.3, 0.4) is 0 Å². The quantitative estimate of drug-likeness (QED) is 0.638. The highest BCUT2D eigenvalue weighted by Gasteiger charge is 2.05. The van der Waals surface area contributed by atoms with Crippen LogP contribution in [0.15, 0.2) is 79.4 Å². The summed E-state index contributed by atoms with van der Waals surface area (Å²) in [5.74, 6) is 0. The monoisotopic (exact) mass is 290 g/mol. The summed E-state index contributed by atoms with van der Waals surface area (Å²) in [6, 6.07) is 19.4. The van der Waals surface area contributed by atoms with Gasteiger partial charge in [-0.1, -0.05) is 30.3 Å². The number of benzene rings is 1. The maximum absolute atomic E-state index is 2.24. The fourth-order valence-electron chi connectivity index (χ4n) is 2.56. The second kappa shape index (κ2) is 6.99. The molecule has 2 aromatic heterocycles. The summed E-state index contributed by atoms with van der Waals surface area (Å²) < 4.78 is 4.41. The topological polar surface area (TPSA) is 7.76 Å². The van der Waals surface area contributed by atoms with Crippen molar-refractivity contribution in [3.63, 3.8) is 0 Å². The maximum atomic E-state index is 2.24. The summed E-state index contributed by atoms with van der Waals surface area (Å²) in [6.45, 7) is 4.17. The van der Waals surface area contributed by atoms with E-state index in [9.17, 15) is 0 Å². The van der Waals surface area contributed by atoms with Crippen molar-refractivity contribution in [1.82, 2.24) is 0 Å². The zero-order valence-electron chi connectivity index (χ0n) is 13.0. The Bertz CT molecular complexity index is 701. The van der Waals surface area contributed by atoms with Crippen molar-refractivity contribution in [3.8, 4) is 11.1 Å². The normalized spacial score (nSPS) is 10.6. The second-order valence-electron chi connectivity index (χ2n) is 5.48. The van der Waals surface area contributed by atoms with Crippen molar-refractivity contribution in [1.29, 1.82) is 0 Å². The van der Waals surface area contributed by atoms with Gasteiger partial charge in [0.15, 0.2) is 31.3 Å². The van der Waals surface area contributed by atoms with Gasteiger partial charge >= 0.3 is 0 Å². The van der Waals surface area contributed by atoms with Crippen molar-refractivity contribution in [3.05, 3.63) is 84.9 Å². The Morgan fingerprint density at radius 2 is 1.23 bits per heavy atom. The van der Waals surface area contributed by atoms with E-state index in [1.165, 1.54) is 16.7 Å². The van der Waals surface area contributed by atoms with Gasteiger partial charge in [-0.15, -0.1) is 0 Å². The first-order valence-electron chi connectivity index (χ1n) is 7.87. The third-order valence-electron chi connectivity index (χ3n) is 3.98. The van der Waals surface area contributed by atoms with Gasteiger partial charge in [-0.25, -0.2) is 9.13 Å². The van der Waals surface area contributed by atoms with E-state index in [1.807, 2.05) is 0 Å². The van der Waals surface area contributed by atoms with E-state index >= 15 is 0 Å². The SMILES string of the molecule is CC[n+]1ccc(-c2cc[n+](CCc3ccccc3)cc2)cc1. The summed E-state index contributed by atoms with van der Waals surface area (Å²) >= 11 is 0. The maximum Gasteiger partial charge on any atom is 0.169 e. The molecular weight excluding hydrogens is 268 g/mol. The molecule has 0 bridgehead atoms. The molecule has 110 valence electrons. The number of nitrogens with zero attached hydrogens (tertiary/aromatic N) is 2. The van der Waals surface area contributed by atoms with E-state index in [-0.39, 0.29) is 0 Å². The number of aromatic nitrogens is 2. The minimum Gasteiger partial charge on any atom is -0.205 e. The second-order valence-corrected chi connectivity index (χ2v) is 5.48. The van der Waals surface area contributed by atoms with Gasteiger partial charge < -0.3 is 0 Å². The molecule has 0 aliphatic heterocycles. The highest BCUT2D eigenvalue weighted by molar-refractivity contribution is 5.60. The van der Waals surface area contributed by atoms with E-state index in [0.717, 1.165) is 19.5 Å². The van der Waals surface area contributed by atoms with E-state index < -0.39 is 0 Å². The lowest BCUT2D eigenvalue weighted by Crippen LogP contribution is -2.33. The van der Waals surface area contributed by atoms with Crippen LogP contribution in [0.2, 0.25) is 0 Å². The Hall–Kier alpha value is -2.48. The van der Waals surface area contributed by atoms with Gasteiger partial charge in [-0.05, 0) is 23.6 Å². The Kier molecular flexibility index (Phi) is 4.59. The van der Waals surface area contributed by atoms with Crippen LogP contribution in [0.5, 0.6) is 0 Å². The van der Waals surface area contributed by atoms with Crippen LogP contribution in [-0.2, 0) is 19.5 Å². The van der Waals surface area contributed by atoms with Crippen molar-refractivity contribution < 1.29 is 9.13 Å². The van der Waals surface area contributed by atoms with Crippen LogP contribution in [-0.4, -0.2) is 0 Å². The van der Waals surface area contributed by atoms with Crippen molar-refractivity contribution in [2.45, 2.75) is 26.4 Å². The third kappa shape index (κ3) is 3.59. The molecule has 0 aliphatic carbocycles. The third-order valence-corrected chi connectivity index (χ3v) is 3.98. The Balaban J connectivity index is 1.67. The molecular formula is C20H22N2+2. The van der Waals surface area contributed by atoms with Crippen LogP contribution in [0.1, 0.15) is 12.5 Å². The minimum absolute atomic E-state index is 1.01. The van der Waals surface area contributed by atoms with Gasteiger partial charge in [-0.2, -0.15) is 0 Å². The van der Waals surface area contributed by atoms with Crippen LogP contribution in [0.25, 0.3) is 11.1 Å². The first-order valence-corrected chi connectivity index (χ1v) is 7.87. The molecule has 0 fully saturated rings. The van der Waals surface area contributed by atoms with Crippen LogP contribution in [0.4, 0.5) is 0 Å². The standard InChI is InChI=1S/C20H22N2/c1-2-21-14-9-19(10-15-21)20-11-16-22(17-12-20)13-8-18-6-4-3-5-7-18/h3-7,9-12,14-17H,2,8,13H2,1H3/q+2. The van der Waals surface area contributed by atoms with Crippen molar-refractivity contribution in [2.75, 3.05) is 0 Å².